The Morgan fingerprint density at radius 3 is 2.46 bits per heavy atom. The summed E-state index contributed by atoms with van der Waals surface area (Å²) in [4.78, 5) is 12.6. The third-order valence-corrected chi connectivity index (χ3v) is 3.88. The molecule has 8 heteroatoms. The molecule has 0 heterocycles. The smallest absolute Gasteiger partial charge is 0.416 e. The van der Waals surface area contributed by atoms with Gasteiger partial charge in [0, 0.05) is 12.7 Å². The molecule has 1 unspecified atom stereocenters. The van der Waals surface area contributed by atoms with Crippen LogP contribution in [0, 0.1) is 0 Å². The molecule has 2 N–H and O–H groups in total. The van der Waals surface area contributed by atoms with Gasteiger partial charge in [-0.2, -0.15) is 13.2 Å². The number of carbonyl (C=O) groups is 1. The fourth-order valence-corrected chi connectivity index (χ4v) is 2.48. The Hall–Kier alpha value is -1.96. The fraction of sp³-hybridized carbons (Fsp3) is 0.562. The standard InChI is InChI=1S/C16H21F3N2O3/c1-21(10-14(22)16(17,18)19)15(23)20-11-6-8-13(9-7-11)24-12-4-2-3-5-12/h6-9,12,14,22H,2-5,10H2,1H3,(H,20,23). The molecule has 0 aliphatic heterocycles. The number of hydrogen-bond donors (Lipinski definition) is 2. The van der Waals surface area contributed by atoms with Crippen LogP contribution in [0.4, 0.5) is 23.7 Å². The molecular formula is C16H21F3N2O3. The van der Waals surface area contributed by atoms with Gasteiger partial charge in [-0.25, -0.2) is 4.79 Å². The number of halogens is 3. The van der Waals surface area contributed by atoms with Crippen LogP contribution in [0.3, 0.4) is 0 Å². The summed E-state index contributed by atoms with van der Waals surface area (Å²) in [5.74, 6) is 0.695. The predicted octanol–water partition coefficient (Wildman–Crippen LogP) is 3.39. The van der Waals surface area contributed by atoms with Crippen molar-refractivity contribution in [3.8, 4) is 5.75 Å². The molecule has 1 aromatic carbocycles. The zero-order valence-corrected chi connectivity index (χ0v) is 13.3. The van der Waals surface area contributed by atoms with Crippen molar-refractivity contribution in [3.05, 3.63) is 24.3 Å². The van der Waals surface area contributed by atoms with E-state index in [9.17, 15) is 18.0 Å². The molecule has 5 nitrogen and oxygen atoms in total. The molecule has 1 aromatic rings. The van der Waals surface area contributed by atoms with Gasteiger partial charge < -0.3 is 20.1 Å². The molecule has 0 spiro atoms. The number of benzene rings is 1. The fourth-order valence-electron chi connectivity index (χ4n) is 2.48. The highest BCUT2D eigenvalue weighted by molar-refractivity contribution is 5.89. The molecule has 1 atom stereocenters. The molecule has 24 heavy (non-hydrogen) atoms. The summed E-state index contributed by atoms with van der Waals surface area (Å²) in [5, 5.41) is 11.5. The number of anilines is 1. The molecule has 0 radical (unpaired) electrons. The van der Waals surface area contributed by atoms with E-state index in [1.807, 2.05) is 0 Å². The first-order valence-electron chi connectivity index (χ1n) is 7.79. The lowest BCUT2D eigenvalue weighted by atomic mass is 10.2. The first-order valence-corrected chi connectivity index (χ1v) is 7.79. The minimum atomic E-state index is -4.76. The van der Waals surface area contributed by atoms with Crippen molar-refractivity contribution in [1.82, 2.24) is 4.90 Å². The summed E-state index contributed by atoms with van der Waals surface area (Å²) >= 11 is 0. The van der Waals surface area contributed by atoms with Crippen molar-refractivity contribution < 1.29 is 27.8 Å². The highest BCUT2D eigenvalue weighted by atomic mass is 19.4. The maximum atomic E-state index is 12.3. The Kier molecular flexibility index (Phi) is 5.93. The number of hydrogen-bond acceptors (Lipinski definition) is 3. The van der Waals surface area contributed by atoms with Gasteiger partial charge in [0.1, 0.15) is 5.75 Å². The van der Waals surface area contributed by atoms with Gasteiger partial charge >= 0.3 is 12.2 Å². The molecule has 0 saturated heterocycles. The van der Waals surface area contributed by atoms with Crippen molar-refractivity contribution in [1.29, 1.82) is 0 Å². The molecule has 0 bridgehead atoms. The second-order valence-electron chi connectivity index (χ2n) is 5.92. The lowest BCUT2D eigenvalue weighted by Gasteiger charge is -2.22. The van der Waals surface area contributed by atoms with Gasteiger partial charge in [0.2, 0.25) is 0 Å². The quantitative estimate of drug-likeness (QED) is 0.859. The van der Waals surface area contributed by atoms with E-state index in [-0.39, 0.29) is 6.10 Å². The zero-order chi connectivity index (χ0) is 17.7. The minimum absolute atomic E-state index is 0.223. The van der Waals surface area contributed by atoms with Gasteiger partial charge in [-0.05, 0) is 49.9 Å². The van der Waals surface area contributed by atoms with Crippen LogP contribution in [0.25, 0.3) is 0 Å². The molecule has 2 amide bonds. The summed E-state index contributed by atoms with van der Waals surface area (Å²) < 4.78 is 42.7. The third kappa shape index (κ3) is 5.30. The van der Waals surface area contributed by atoms with E-state index in [0.717, 1.165) is 30.6 Å². The van der Waals surface area contributed by atoms with E-state index in [1.165, 1.54) is 7.05 Å². The summed E-state index contributed by atoms with van der Waals surface area (Å²) in [5.41, 5.74) is 0.437. The zero-order valence-electron chi connectivity index (χ0n) is 13.3. The lowest BCUT2D eigenvalue weighted by molar-refractivity contribution is -0.205. The van der Waals surface area contributed by atoms with Crippen LogP contribution in [-0.4, -0.2) is 48.0 Å². The van der Waals surface area contributed by atoms with Crippen LogP contribution in [0.15, 0.2) is 24.3 Å². The Morgan fingerprint density at radius 2 is 1.92 bits per heavy atom. The van der Waals surface area contributed by atoms with Crippen molar-refractivity contribution in [3.63, 3.8) is 0 Å². The van der Waals surface area contributed by atoms with E-state index in [0.29, 0.717) is 11.4 Å². The number of aliphatic hydroxyl groups excluding tert-OH is 1. The number of likely N-dealkylation sites (N-methyl/N-ethyl adjacent to an activating group) is 1. The lowest BCUT2D eigenvalue weighted by Crippen LogP contribution is -2.43. The molecule has 0 aromatic heterocycles. The first kappa shape index (κ1) is 18.4. The summed E-state index contributed by atoms with van der Waals surface area (Å²) in [6.45, 7) is -0.835. The average Bonchev–Trinajstić information content (AvgIpc) is 3.01. The summed E-state index contributed by atoms with van der Waals surface area (Å²) in [6, 6.07) is 5.92. The molecule has 1 fully saturated rings. The number of alkyl halides is 3. The number of aliphatic hydroxyl groups is 1. The topological polar surface area (TPSA) is 61.8 Å². The number of nitrogens with one attached hydrogen (secondary N) is 1. The van der Waals surface area contributed by atoms with Gasteiger partial charge in [-0.15, -0.1) is 0 Å². The Morgan fingerprint density at radius 1 is 1.33 bits per heavy atom. The van der Waals surface area contributed by atoms with Crippen molar-refractivity contribution in [2.24, 2.45) is 0 Å². The second kappa shape index (κ2) is 7.74. The van der Waals surface area contributed by atoms with Crippen LogP contribution >= 0.6 is 0 Å². The van der Waals surface area contributed by atoms with E-state index < -0.39 is 24.9 Å². The molecule has 1 saturated carbocycles. The largest absolute Gasteiger partial charge is 0.490 e. The van der Waals surface area contributed by atoms with Gasteiger partial charge in [0.15, 0.2) is 6.10 Å². The van der Waals surface area contributed by atoms with Crippen LogP contribution in [0.1, 0.15) is 25.7 Å². The van der Waals surface area contributed by atoms with Crippen molar-refractivity contribution in [2.45, 2.75) is 44.1 Å². The number of rotatable bonds is 5. The number of ether oxygens (including phenoxy) is 1. The van der Waals surface area contributed by atoms with E-state index >= 15 is 0 Å². The van der Waals surface area contributed by atoms with Gasteiger partial charge in [0.25, 0.3) is 0 Å². The molecule has 2 rings (SSSR count). The SMILES string of the molecule is CN(CC(O)C(F)(F)F)C(=O)Nc1ccc(OC2CCCC2)cc1. The third-order valence-electron chi connectivity index (χ3n) is 3.88. The van der Waals surface area contributed by atoms with Crippen LogP contribution in [0.5, 0.6) is 5.75 Å². The van der Waals surface area contributed by atoms with E-state index in [1.54, 1.807) is 24.3 Å². The Bertz CT molecular complexity index is 542. The maximum Gasteiger partial charge on any atom is 0.416 e. The van der Waals surface area contributed by atoms with Gasteiger partial charge in [-0.3, -0.25) is 0 Å². The highest BCUT2D eigenvalue weighted by Crippen LogP contribution is 2.25. The van der Waals surface area contributed by atoms with Crippen molar-refractivity contribution >= 4 is 11.7 Å². The highest BCUT2D eigenvalue weighted by Gasteiger charge is 2.39. The number of amides is 2. The normalized spacial score (nSPS) is 16.7. The van der Waals surface area contributed by atoms with Crippen LogP contribution < -0.4 is 10.1 Å². The predicted molar refractivity (Wildman–Crippen MR) is 83.0 cm³/mol. The molecule has 134 valence electrons. The molecular weight excluding hydrogens is 325 g/mol. The first-order chi connectivity index (χ1) is 11.3. The van der Waals surface area contributed by atoms with Gasteiger partial charge in [-0.1, -0.05) is 0 Å². The Labute approximate surface area is 138 Å². The molecule has 1 aliphatic rings. The van der Waals surface area contributed by atoms with E-state index in [4.69, 9.17) is 9.84 Å². The number of carbonyl (C=O) groups excluding carboxylic acids is 1. The van der Waals surface area contributed by atoms with Crippen molar-refractivity contribution in [2.75, 3.05) is 18.9 Å². The van der Waals surface area contributed by atoms with Crippen LogP contribution in [-0.2, 0) is 0 Å². The second-order valence-corrected chi connectivity index (χ2v) is 5.92. The van der Waals surface area contributed by atoms with Gasteiger partial charge in [0.05, 0.1) is 12.6 Å². The van der Waals surface area contributed by atoms with Crippen LogP contribution in [0.2, 0.25) is 0 Å². The summed E-state index contributed by atoms with van der Waals surface area (Å²) in [7, 11) is 1.18. The molecule has 1 aliphatic carbocycles. The number of urea groups is 1. The summed E-state index contributed by atoms with van der Waals surface area (Å²) in [6.07, 6.45) is -2.72. The number of nitrogens with zero attached hydrogens (tertiary/aromatic N) is 1. The Balaban J connectivity index is 1.84. The minimum Gasteiger partial charge on any atom is -0.490 e. The van der Waals surface area contributed by atoms with E-state index in [2.05, 4.69) is 5.32 Å². The monoisotopic (exact) mass is 346 g/mol. The maximum absolute atomic E-state index is 12.3. The average molecular weight is 346 g/mol.